The normalized spacial score (nSPS) is 24.5. The molecule has 0 N–H and O–H groups in total. The fourth-order valence-corrected chi connectivity index (χ4v) is 3.50. The van der Waals surface area contributed by atoms with E-state index in [0.717, 1.165) is 58.5 Å². The molecule has 2 aliphatic heterocycles. The van der Waals surface area contributed by atoms with E-state index in [4.69, 9.17) is 0 Å². The number of hydrogen-bond acceptors (Lipinski definition) is 3. The van der Waals surface area contributed by atoms with Crippen molar-refractivity contribution in [1.82, 2.24) is 14.7 Å². The minimum Gasteiger partial charge on any atom is -0.340 e. The van der Waals surface area contributed by atoms with Crippen LogP contribution in [-0.2, 0) is 9.59 Å². The fraction of sp³-hybridized carbons (Fsp3) is 0.875. The number of rotatable bonds is 3. The van der Waals surface area contributed by atoms with Gasteiger partial charge >= 0.3 is 0 Å². The summed E-state index contributed by atoms with van der Waals surface area (Å²) in [5.74, 6) is 0.853. The van der Waals surface area contributed by atoms with E-state index in [1.54, 1.807) is 11.8 Å². The highest BCUT2D eigenvalue weighted by atomic mass is 16.2. The van der Waals surface area contributed by atoms with E-state index in [0.29, 0.717) is 5.92 Å². The second-order valence-corrected chi connectivity index (χ2v) is 6.74. The van der Waals surface area contributed by atoms with Crippen LogP contribution in [0, 0.1) is 5.92 Å². The van der Waals surface area contributed by atoms with Crippen LogP contribution < -0.4 is 0 Å². The molecule has 2 amide bonds. The third-order valence-corrected chi connectivity index (χ3v) is 4.47. The van der Waals surface area contributed by atoms with E-state index in [-0.39, 0.29) is 17.9 Å². The Balaban J connectivity index is 1.92. The summed E-state index contributed by atoms with van der Waals surface area (Å²) in [4.78, 5) is 30.5. The average molecular weight is 295 g/mol. The largest absolute Gasteiger partial charge is 0.340 e. The summed E-state index contributed by atoms with van der Waals surface area (Å²) >= 11 is 0. The van der Waals surface area contributed by atoms with Crippen molar-refractivity contribution in [3.05, 3.63) is 0 Å². The van der Waals surface area contributed by atoms with Gasteiger partial charge in [0.1, 0.15) is 6.04 Å². The van der Waals surface area contributed by atoms with Gasteiger partial charge in [-0.2, -0.15) is 0 Å². The molecule has 0 aromatic carbocycles. The molecule has 0 aliphatic carbocycles. The van der Waals surface area contributed by atoms with Crippen LogP contribution in [0.25, 0.3) is 0 Å². The van der Waals surface area contributed by atoms with E-state index in [1.165, 1.54) is 0 Å². The van der Waals surface area contributed by atoms with Gasteiger partial charge < -0.3 is 14.7 Å². The SMILES string of the molecule is CC(=O)N1CCC[C@@H]1C(=O)N1CCCN(CC(C)C)CC1. The molecule has 5 nitrogen and oxygen atoms in total. The lowest BCUT2D eigenvalue weighted by Crippen LogP contribution is -2.48. The monoisotopic (exact) mass is 295 g/mol. The quantitative estimate of drug-likeness (QED) is 0.785. The van der Waals surface area contributed by atoms with E-state index < -0.39 is 0 Å². The van der Waals surface area contributed by atoms with Gasteiger partial charge in [-0.15, -0.1) is 0 Å². The summed E-state index contributed by atoms with van der Waals surface area (Å²) in [6.45, 7) is 11.5. The van der Waals surface area contributed by atoms with Crippen molar-refractivity contribution in [2.75, 3.05) is 39.3 Å². The highest BCUT2D eigenvalue weighted by molar-refractivity contribution is 5.87. The van der Waals surface area contributed by atoms with Gasteiger partial charge in [-0.3, -0.25) is 9.59 Å². The number of nitrogens with zero attached hydrogens (tertiary/aromatic N) is 3. The molecule has 5 heteroatoms. The van der Waals surface area contributed by atoms with E-state index in [2.05, 4.69) is 18.7 Å². The minimum atomic E-state index is -0.209. The van der Waals surface area contributed by atoms with Gasteiger partial charge in [0.25, 0.3) is 0 Å². The van der Waals surface area contributed by atoms with Crippen LogP contribution >= 0.6 is 0 Å². The van der Waals surface area contributed by atoms with Gasteiger partial charge in [-0.25, -0.2) is 0 Å². The zero-order chi connectivity index (χ0) is 15.4. The third kappa shape index (κ3) is 4.19. The van der Waals surface area contributed by atoms with Gasteiger partial charge in [-0.05, 0) is 31.7 Å². The lowest BCUT2D eigenvalue weighted by atomic mass is 10.2. The Labute approximate surface area is 128 Å². The molecule has 2 rings (SSSR count). The topological polar surface area (TPSA) is 43.9 Å². The Hall–Kier alpha value is -1.10. The summed E-state index contributed by atoms with van der Waals surface area (Å²) in [7, 11) is 0. The highest BCUT2D eigenvalue weighted by Gasteiger charge is 2.35. The molecule has 1 atom stereocenters. The summed E-state index contributed by atoms with van der Waals surface area (Å²) in [6, 6.07) is -0.209. The summed E-state index contributed by atoms with van der Waals surface area (Å²) in [6.07, 6.45) is 2.80. The number of carbonyl (C=O) groups excluding carboxylic acids is 2. The Kier molecular flexibility index (Phi) is 5.62. The molecule has 2 aliphatic rings. The number of amides is 2. The van der Waals surface area contributed by atoms with Gasteiger partial charge in [0, 0.05) is 39.6 Å². The van der Waals surface area contributed by atoms with Crippen molar-refractivity contribution in [2.45, 2.75) is 46.1 Å². The predicted octanol–water partition coefficient (Wildman–Crippen LogP) is 1.19. The maximum Gasteiger partial charge on any atom is 0.245 e. The van der Waals surface area contributed by atoms with Crippen LogP contribution in [0.2, 0.25) is 0 Å². The minimum absolute atomic E-state index is 0.0297. The summed E-state index contributed by atoms with van der Waals surface area (Å²) < 4.78 is 0. The molecule has 2 fully saturated rings. The Morgan fingerprint density at radius 1 is 1.05 bits per heavy atom. The van der Waals surface area contributed by atoms with E-state index in [9.17, 15) is 9.59 Å². The lowest BCUT2D eigenvalue weighted by Gasteiger charge is -2.29. The second kappa shape index (κ2) is 7.25. The maximum absolute atomic E-state index is 12.7. The summed E-state index contributed by atoms with van der Waals surface area (Å²) in [5.41, 5.74) is 0. The number of carbonyl (C=O) groups is 2. The van der Waals surface area contributed by atoms with Crippen molar-refractivity contribution in [1.29, 1.82) is 0 Å². The van der Waals surface area contributed by atoms with Gasteiger partial charge in [0.2, 0.25) is 11.8 Å². The maximum atomic E-state index is 12.7. The van der Waals surface area contributed by atoms with Gasteiger partial charge in [0.05, 0.1) is 0 Å². The van der Waals surface area contributed by atoms with Gasteiger partial charge in [-0.1, -0.05) is 13.8 Å². The van der Waals surface area contributed by atoms with Crippen LogP contribution in [-0.4, -0.2) is 71.8 Å². The number of hydrogen-bond donors (Lipinski definition) is 0. The Morgan fingerprint density at radius 2 is 1.81 bits per heavy atom. The van der Waals surface area contributed by atoms with Crippen LogP contribution in [0.3, 0.4) is 0 Å². The van der Waals surface area contributed by atoms with Crippen molar-refractivity contribution in [3.63, 3.8) is 0 Å². The van der Waals surface area contributed by atoms with Crippen LogP contribution in [0.15, 0.2) is 0 Å². The van der Waals surface area contributed by atoms with Gasteiger partial charge in [0.15, 0.2) is 0 Å². The van der Waals surface area contributed by atoms with Crippen molar-refractivity contribution >= 4 is 11.8 Å². The summed E-state index contributed by atoms with van der Waals surface area (Å²) in [5, 5.41) is 0. The molecule has 0 saturated carbocycles. The van der Waals surface area contributed by atoms with Crippen molar-refractivity contribution < 1.29 is 9.59 Å². The molecule has 2 saturated heterocycles. The standard InChI is InChI=1S/C16H29N3O2/c1-13(2)12-17-7-5-8-18(11-10-17)16(21)15-6-4-9-19(15)14(3)20/h13,15H,4-12H2,1-3H3/t15-/m1/s1. The average Bonchev–Trinajstić information content (AvgIpc) is 2.79. The molecule has 21 heavy (non-hydrogen) atoms. The first-order valence-electron chi connectivity index (χ1n) is 8.27. The zero-order valence-corrected chi connectivity index (χ0v) is 13.7. The molecular weight excluding hydrogens is 266 g/mol. The lowest BCUT2D eigenvalue weighted by molar-refractivity contribution is -0.142. The zero-order valence-electron chi connectivity index (χ0n) is 13.7. The van der Waals surface area contributed by atoms with Crippen molar-refractivity contribution in [2.24, 2.45) is 5.92 Å². The first-order chi connectivity index (χ1) is 9.99. The molecule has 0 aromatic rings. The van der Waals surface area contributed by atoms with Crippen LogP contribution in [0.5, 0.6) is 0 Å². The second-order valence-electron chi connectivity index (χ2n) is 6.74. The molecule has 0 unspecified atom stereocenters. The van der Waals surface area contributed by atoms with Crippen LogP contribution in [0.1, 0.15) is 40.0 Å². The molecule has 0 bridgehead atoms. The fourth-order valence-electron chi connectivity index (χ4n) is 3.50. The molecule has 0 spiro atoms. The predicted molar refractivity (Wildman–Crippen MR) is 82.9 cm³/mol. The Morgan fingerprint density at radius 3 is 2.48 bits per heavy atom. The van der Waals surface area contributed by atoms with Crippen LogP contribution in [0.4, 0.5) is 0 Å². The molecule has 120 valence electrons. The molecule has 2 heterocycles. The smallest absolute Gasteiger partial charge is 0.245 e. The van der Waals surface area contributed by atoms with Crippen molar-refractivity contribution in [3.8, 4) is 0 Å². The molecule has 0 aromatic heterocycles. The molecule has 0 radical (unpaired) electrons. The number of likely N-dealkylation sites (tertiary alicyclic amines) is 1. The highest BCUT2D eigenvalue weighted by Crippen LogP contribution is 2.20. The molecular formula is C16H29N3O2. The van der Waals surface area contributed by atoms with E-state index >= 15 is 0 Å². The first kappa shape index (κ1) is 16.3. The third-order valence-electron chi connectivity index (χ3n) is 4.47. The first-order valence-corrected chi connectivity index (χ1v) is 8.27. The van der Waals surface area contributed by atoms with E-state index in [1.807, 2.05) is 4.90 Å². The Bertz CT molecular complexity index is 384.